The van der Waals surface area contributed by atoms with E-state index in [1.54, 1.807) is 15.9 Å². The van der Waals surface area contributed by atoms with Crippen molar-refractivity contribution in [3.63, 3.8) is 0 Å². The number of amides is 3. The fourth-order valence-electron chi connectivity index (χ4n) is 5.23. The van der Waals surface area contributed by atoms with Crippen LogP contribution in [0.5, 0.6) is 0 Å². The lowest BCUT2D eigenvalue weighted by molar-refractivity contribution is -0.140. The molecule has 1 unspecified atom stereocenters. The van der Waals surface area contributed by atoms with Gasteiger partial charge in [-0.15, -0.1) is 0 Å². The predicted octanol–water partition coefficient (Wildman–Crippen LogP) is 5.52. The summed E-state index contributed by atoms with van der Waals surface area (Å²) in [5, 5.41) is 4.88. The maximum atomic E-state index is 14.2. The first kappa shape index (κ1) is 27.1. The van der Waals surface area contributed by atoms with Crippen LogP contribution in [0.2, 0.25) is 0 Å². The molecular weight excluding hydrogens is 498 g/mol. The maximum Gasteiger partial charge on any atom is 0.259 e. The summed E-state index contributed by atoms with van der Waals surface area (Å²) in [4.78, 5) is 44.6. The van der Waals surface area contributed by atoms with Gasteiger partial charge in [0, 0.05) is 30.5 Å². The number of nitrogens with zero attached hydrogens (tertiary/aromatic N) is 2. The first-order valence-electron chi connectivity index (χ1n) is 13.8. The SMILES string of the molecule is Cc1ccc(CN(C(=O)CN2C(=O)c3cccc4cccc2c34)C(Cc2ccccc2)C(=O)NCC(C)C)cc1. The van der Waals surface area contributed by atoms with Crippen LogP contribution in [0.25, 0.3) is 10.8 Å². The molecule has 40 heavy (non-hydrogen) atoms. The molecule has 4 aromatic rings. The largest absolute Gasteiger partial charge is 0.354 e. The van der Waals surface area contributed by atoms with Gasteiger partial charge in [0.25, 0.3) is 5.91 Å². The Kier molecular flexibility index (Phi) is 7.96. The molecule has 0 saturated heterocycles. The molecular formula is C34H35N3O3. The molecule has 0 spiro atoms. The fourth-order valence-corrected chi connectivity index (χ4v) is 5.23. The topological polar surface area (TPSA) is 69.7 Å². The first-order chi connectivity index (χ1) is 19.3. The van der Waals surface area contributed by atoms with Crippen molar-refractivity contribution in [2.45, 2.75) is 39.8 Å². The Morgan fingerprint density at radius 3 is 2.25 bits per heavy atom. The van der Waals surface area contributed by atoms with Crippen molar-refractivity contribution in [1.82, 2.24) is 10.2 Å². The van der Waals surface area contributed by atoms with Gasteiger partial charge in [-0.2, -0.15) is 0 Å². The van der Waals surface area contributed by atoms with Crippen LogP contribution in [0.3, 0.4) is 0 Å². The average Bonchev–Trinajstić information content (AvgIpc) is 3.23. The van der Waals surface area contributed by atoms with Crippen molar-refractivity contribution in [1.29, 1.82) is 0 Å². The van der Waals surface area contributed by atoms with Gasteiger partial charge in [0.05, 0.1) is 5.69 Å². The Hall–Kier alpha value is -4.45. The number of aryl methyl sites for hydroxylation is 1. The molecule has 3 amide bonds. The van der Waals surface area contributed by atoms with Gasteiger partial charge >= 0.3 is 0 Å². The molecule has 1 heterocycles. The lowest BCUT2D eigenvalue weighted by Gasteiger charge is -2.33. The van der Waals surface area contributed by atoms with Gasteiger partial charge < -0.3 is 10.2 Å². The summed E-state index contributed by atoms with van der Waals surface area (Å²) in [5.74, 6) is -0.404. The number of rotatable bonds is 10. The molecule has 5 rings (SSSR count). The van der Waals surface area contributed by atoms with Crippen LogP contribution < -0.4 is 10.2 Å². The molecule has 0 aromatic heterocycles. The summed E-state index contributed by atoms with van der Waals surface area (Å²) in [5.41, 5.74) is 4.33. The Labute approximate surface area is 235 Å². The van der Waals surface area contributed by atoms with Gasteiger partial charge in [-0.3, -0.25) is 19.3 Å². The Balaban J connectivity index is 1.50. The lowest BCUT2D eigenvalue weighted by atomic mass is 10.0. The van der Waals surface area contributed by atoms with E-state index in [4.69, 9.17) is 0 Å². The minimum atomic E-state index is -0.745. The Morgan fingerprint density at radius 1 is 0.850 bits per heavy atom. The highest BCUT2D eigenvalue weighted by Gasteiger charge is 2.35. The zero-order valence-electron chi connectivity index (χ0n) is 23.3. The van der Waals surface area contributed by atoms with Gasteiger partial charge in [-0.05, 0) is 41.5 Å². The molecule has 1 atom stereocenters. The molecule has 0 saturated carbocycles. The fraction of sp³-hybridized carbons (Fsp3) is 0.265. The minimum absolute atomic E-state index is 0.152. The van der Waals surface area contributed by atoms with Crippen LogP contribution >= 0.6 is 0 Å². The number of nitrogens with one attached hydrogen (secondary N) is 1. The van der Waals surface area contributed by atoms with Crippen LogP contribution in [-0.2, 0) is 22.6 Å². The highest BCUT2D eigenvalue weighted by atomic mass is 16.2. The standard InChI is InChI=1S/C34H35N3O3/c1-23(2)20-35-33(39)30(19-25-9-5-4-6-10-25)36(21-26-17-15-24(3)16-18-26)31(38)22-37-29-14-8-12-27-11-7-13-28(32(27)29)34(37)40/h4-18,23,30H,19-22H2,1-3H3,(H,35,39). The molecule has 4 aromatic carbocycles. The van der Waals surface area contributed by atoms with E-state index < -0.39 is 6.04 Å². The first-order valence-corrected chi connectivity index (χ1v) is 13.8. The van der Waals surface area contributed by atoms with E-state index in [0.717, 1.165) is 33.2 Å². The van der Waals surface area contributed by atoms with E-state index in [1.165, 1.54) is 0 Å². The molecule has 6 nitrogen and oxygen atoms in total. The number of carbonyl (C=O) groups excluding carboxylic acids is 3. The van der Waals surface area contributed by atoms with Crippen LogP contribution in [0, 0.1) is 12.8 Å². The summed E-state index contributed by atoms with van der Waals surface area (Å²) < 4.78 is 0. The van der Waals surface area contributed by atoms with Crippen LogP contribution in [-0.4, -0.2) is 41.8 Å². The van der Waals surface area contributed by atoms with Gasteiger partial charge in [0.15, 0.2) is 0 Å². The second-order valence-electron chi connectivity index (χ2n) is 10.9. The average molecular weight is 534 g/mol. The predicted molar refractivity (Wildman–Crippen MR) is 159 cm³/mol. The number of carbonyl (C=O) groups is 3. The number of hydrogen-bond acceptors (Lipinski definition) is 3. The van der Waals surface area contributed by atoms with Gasteiger partial charge in [0.1, 0.15) is 12.6 Å². The second-order valence-corrected chi connectivity index (χ2v) is 10.9. The maximum absolute atomic E-state index is 14.2. The summed E-state index contributed by atoms with van der Waals surface area (Å²) >= 11 is 0. The molecule has 0 aliphatic carbocycles. The van der Waals surface area contributed by atoms with Crippen molar-refractivity contribution in [3.8, 4) is 0 Å². The smallest absolute Gasteiger partial charge is 0.259 e. The Morgan fingerprint density at radius 2 is 1.55 bits per heavy atom. The van der Waals surface area contributed by atoms with E-state index in [2.05, 4.69) is 5.32 Å². The molecule has 0 radical (unpaired) electrons. The van der Waals surface area contributed by atoms with Gasteiger partial charge in [-0.1, -0.05) is 98.3 Å². The second kappa shape index (κ2) is 11.7. The third kappa shape index (κ3) is 5.76. The third-order valence-corrected chi connectivity index (χ3v) is 7.37. The van der Waals surface area contributed by atoms with Crippen LogP contribution in [0.1, 0.15) is 40.9 Å². The zero-order valence-corrected chi connectivity index (χ0v) is 23.3. The van der Waals surface area contributed by atoms with E-state index in [0.29, 0.717) is 18.5 Å². The molecule has 0 bridgehead atoms. The van der Waals surface area contributed by atoms with E-state index in [9.17, 15) is 14.4 Å². The van der Waals surface area contributed by atoms with E-state index in [-0.39, 0.29) is 36.7 Å². The molecule has 204 valence electrons. The van der Waals surface area contributed by atoms with Crippen molar-refractivity contribution >= 4 is 34.2 Å². The summed E-state index contributed by atoms with van der Waals surface area (Å²) in [7, 11) is 0. The monoisotopic (exact) mass is 533 g/mol. The molecule has 1 N–H and O–H groups in total. The zero-order chi connectivity index (χ0) is 28.2. The number of anilines is 1. The third-order valence-electron chi connectivity index (χ3n) is 7.37. The van der Waals surface area contributed by atoms with Crippen molar-refractivity contribution in [3.05, 3.63) is 113 Å². The molecule has 1 aliphatic heterocycles. The molecule has 1 aliphatic rings. The van der Waals surface area contributed by atoms with Crippen molar-refractivity contribution in [2.24, 2.45) is 5.92 Å². The molecule has 6 heteroatoms. The highest BCUT2D eigenvalue weighted by Crippen LogP contribution is 2.37. The normalized spacial score (nSPS) is 13.1. The highest BCUT2D eigenvalue weighted by molar-refractivity contribution is 6.26. The van der Waals surface area contributed by atoms with Crippen molar-refractivity contribution in [2.75, 3.05) is 18.0 Å². The van der Waals surface area contributed by atoms with Crippen LogP contribution in [0.4, 0.5) is 5.69 Å². The van der Waals surface area contributed by atoms with E-state index in [1.807, 2.05) is 106 Å². The van der Waals surface area contributed by atoms with Gasteiger partial charge in [0.2, 0.25) is 11.8 Å². The summed E-state index contributed by atoms with van der Waals surface area (Å²) in [6.07, 6.45) is 0.367. The van der Waals surface area contributed by atoms with Crippen molar-refractivity contribution < 1.29 is 14.4 Å². The quantitative estimate of drug-likeness (QED) is 0.292. The summed E-state index contributed by atoms with van der Waals surface area (Å²) in [6, 6.07) is 28.4. The summed E-state index contributed by atoms with van der Waals surface area (Å²) in [6.45, 7) is 6.71. The number of benzene rings is 4. The number of hydrogen-bond donors (Lipinski definition) is 1. The van der Waals surface area contributed by atoms with E-state index >= 15 is 0 Å². The molecule has 0 fully saturated rings. The minimum Gasteiger partial charge on any atom is -0.354 e. The van der Waals surface area contributed by atoms with Gasteiger partial charge in [-0.25, -0.2) is 0 Å². The Bertz CT molecular complexity index is 1520. The van der Waals surface area contributed by atoms with Crippen LogP contribution in [0.15, 0.2) is 91.0 Å². The lowest BCUT2D eigenvalue weighted by Crippen LogP contribution is -2.53.